The lowest BCUT2D eigenvalue weighted by atomic mass is 10.1. The summed E-state index contributed by atoms with van der Waals surface area (Å²) in [6, 6.07) is 7.28. The van der Waals surface area contributed by atoms with Crippen molar-refractivity contribution in [2.45, 2.75) is 30.7 Å². The molecule has 0 spiro atoms. The number of nitrogens with one attached hydrogen (secondary N) is 1. The molecule has 1 aromatic rings. The Morgan fingerprint density at radius 1 is 1.32 bits per heavy atom. The molecule has 5 heteroatoms. The molecule has 1 N–H and O–H groups in total. The van der Waals surface area contributed by atoms with Gasteiger partial charge in [0.2, 0.25) is 0 Å². The van der Waals surface area contributed by atoms with Crippen LogP contribution in [0.2, 0.25) is 0 Å². The Bertz CT molecular complexity index is 485. The number of benzene rings is 1. The Balaban J connectivity index is 2.90. The molecule has 0 aliphatic heterocycles. The van der Waals surface area contributed by atoms with Crippen LogP contribution < -0.4 is 5.32 Å². The van der Waals surface area contributed by atoms with Gasteiger partial charge in [-0.15, -0.1) is 0 Å². The molecule has 1 rings (SSSR count). The van der Waals surface area contributed by atoms with E-state index in [1.54, 1.807) is 19.2 Å². The van der Waals surface area contributed by atoms with Crippen LogP contribution in [0, 0.1) is 0 Å². The summed E-state index contributed by atoms with van der Waals surface area (Å²) >= 11 is 0. The molecule has 4 nitrogen and oxygen atoms in total. The van der Waals surface area contributed by atoms with Crippen LogP contribution in [0.1, 0.15) is 18.9 Å². The van der Waals surface area contributed by atoms with Crippen LogP contribution in [0.15, 0.2) is 29.2 Å². The summed E-state index contributed by atoms with van der Waals surface area (Å²) in [5, 5.41) is 3.38. The van der Waals surface area contributed by atoms with E-state index in [0.717, 1.165) is 18.5 Å². The molecular weight excluding hydrogens is 262 g/mol. The highest BCUT2D eigenvalue weighted by atomic mass is 32.2. The minimum absolute atomic E-state index is 0.132. The van der Waals surface area contributed by atoms with Crippen LogP contribution in [-0.4, -0.2) is 41.0 Å². The number of ether oxygens (including phenoxy) is 1. The van der Waals surface area contributed by atoms with Crippen LogP contribution in [-0.2, 0) is 21.0 Å². The summed E-state index contributed by atoms with van der Waals surface area (Å²) < 4.78 is 28.7. The first-order chi connectivity index (χ1) is 8.99. The second kappa shape index (κ2) is 7.62. The van der Waals surface area contributed by atoms with E-state index in [1.807, 2.05) is 12.1 Å². The molecule has 0 radical (unpaired) electrons. The standard InChI is InChI=1S/C14H23NO3S/c1-4-9-15-13(11-18-2)10-12-7-5-6-8-14(12)19(3,16)17/h5-8,13,15H,4,9-11H2,1-3H3. The van der Waals surface area contributed by atoms with Crippen molar-refractivity contribution in [1.29, 1.82) is 0 Å². The van der Waals surface area contributed by atoms with E-state index in [-0.39, 0.29) is 6.04 Å². The molecule has 0 bridgehead atoms. The third-order valence-corrected chi connectivity index (χ3v) is 4.09. The number of methoxy groups -OCH3 is 1. The number of hydrogen-bond acceptors (Lipinski definition) is 4. The molecule has 0 saturated carbocycles. The van der Waals surface area contributed by atoms with Gasteiger partial charge in [0.25, 0.3) is 0 Å². The highest BCUT2D eigenvalue weighted by Crippen LogP contribution is 2.17. The minimum Gasteiger partial charge on any atom is -0.383 e. The van der Waals surface area contributed by atoms with Gasteiger partial charge in [0.15, 0.2) is 9.84 Å². The monoisotopic (exact) mass is 285 g/mol. The lowest BCUT2D eigenvalue weighted by molar-refractivity contribution is 0.166. The van der Waals surface area contributed by atoms with Gasteiger partial charge in [-0.05, 0) is 31.0 Å². The highest BCUT2D eigenvalue weighted by molar-refractivity contribution is 7.90. The zero-order chi connectivity index (χ0) is 14.3. The molecule has 19 heavy (non-hydrogen) atoms. The predicted octanol–water partition coefficient (Wildman–Crippen LogP) is 1.65. The third kappa shape index (κ3) is 5.30. The van der Waals surface area contributed by atoms with Crippen molar-refractivity contribution in [3.05, 3.63) is 29.8 Å². The van der Waals surface area contributed by atoms with E-state index >= 15 is 0 Å². The Kier molecular flexibility index (Phi) is 6.48. The fourth-order valence-corrected chi connectivity index (χ4v) is 2.99. The Morgan fingerprint density at radius 2 is 2.00 bits per heavy atom. The first-order valence-corrected chi connectivity index (χ1v) is 8.38. The van der Waals surface area contributed by atoms with Gasteiger partial charge in [-0.1, -0.05) is 25.1 Å². The van der Waals surface area contributed by atoms with E-state index in [1.165, 1.54) is 6.26 Å². The Labute approximate surface area is 116 Å². The molecule has 1 atom stereocenters. The fourth-order valence-electron chi connectivity index (χ4n) is 2.04. The molecule has 0 aromatic heterocycles. The topological polar surface area (TPSA) is 55.4 Å². The summed E-state index contributed by atoms with van der Waals surface area (Å²) in [4.78, 5) is 0.411. The average Bonchev–Trinajstić information content (AvgIpc) is 2.35. The molecule has 0 aliphatic rings. The minimum atomic E-state index is -3.18. The van der Waals surface area contributed by atoms with Crippen LogP contribution in [0.25, 0.3) is 0 Å². The maximum Gasteiger partial charge on any atom is 0.175 e. The van der Waals surface area contributed by atoms with Crippen LogP contribution >= 0.6 is 0 Å². The molecule has 0 amide bonds. The van der Waals surface area contributed by atoms with Gasteiger partial charge in [-0.3, -0.25) is 0 Å². The Morgan fingerprint density at radius 3 is 2.58 bits per heavy atom. The SMILES string of the molecule is CCCNC(COC)Cc1ccccc1S(C)(=O)=O. The lowest BCUT2D eigenvalue weighted by Gasteiger charge is -2.19. The maximum absolute atomic E-state index is 11.8. The van der Waals surface area contributed by atoms with E-state index < -0.39 is 9.84 Å². The molecule has 0 aliphatic carbocycles. The predicted molar refractivity (Wildman–Crippen MR) is 77.2 cm³/mol. The maximum atomic E-state index is 11.8. The third-order valence-electron chi connectivity index (χ3n) is 2.89. The second-order valence-electron chi connectivity index (χ2n) is 4.69. The first-order valence-electron chi connectivity index (χ1n) is 6.49. The van der Waals surface area contributed by atoms with Gasteiger partial charge in [-0.25, -0.2) is 8.42 Å². The molecule has 108 valence electrons. The molecule has 0 heterocycles. The van der Waals surface area contributed by atoms with E-state index in [2.05, 4.69) is 12.2 Å². The van der Waals surface area contributed by atoms with Crippen molar-refractivity contribution < 1.29 is 13.2 Å². The molecule has 0 fully saturated rings. The van der Waals surface area contributed by atoms with Crippen LogP contribution in [0.5, 0.6) is 0 Å². The van der Waals surface area contributed by atoms with E-state index in [4.69, 9.17) is 4.74 Å². The first kappa shape index (κ1) is 16.1. The van der Waals surface area contributed by atoms with Gasteiger partial charge < -0.3 is 10.1 Å². The van der Waals surface area contributed by atoms with Gasteiger partial charge in [0.05, 0.1) is 11.5 Å². The van der Waals surface area contributed by atoms with Crippen molar-refractivity contribution in [3.63, 3.8) is 0 Å². The van der Waals surface area contributed by atoms with E-state index in [9.17, 15) is 8.42 Å². The highest BCUT2D eigenvalue weighted by Gasteiger charge is 2.16. The van der Waals surface area contributed by atoms with Gasteiger partial charge in [0, 0.05) is 19.4 Å². The molecule has 1 unspecified atom stereocenters. The fraction of sp³-hybridized carbons (Fsp3) is 0.571. The molecule has 0 saturated heterocycles. The van der Waals surface area contributed by atoms with Crippen molar-refractivity contribution in [1.82, 2.24) is 5.32 Å². The summed E-state index contributed by atoms with van der Waals surface area (Å²) in [5.41, 5.74) is 0.843. The van der Waals surface area contributed by atoms with Crippen LogP contribution in [0.3, 0.4) is 0 Å². The zero-order valence-electron chi connectivity index (χ0n) is 11.8. The number of hydrogen-bond donors (Lipinski definition) is 1. The summed E-state index contributed by atoms with van der Waals surface area (Å²) in [6.07, 6.45) is 2.93. The van der Waals surface area contributed by atoms with Gasteiger partial charge in [0.1, 0.15) is 0 Å². The normalized spacial score (nSPS) is 13.4. The lowest BCUT2D eigenvalue weighted by Crippen LogP contribution is -2.36. The van der Waals surface area contributed by atoms with Crippen molar-refractivity contribution in [2.75, 3.05) is 26.5 Å². The number of rotatable bonds is 8. The summed E-state index contributed by atoms with van der Waals surface area (Å²) in [5.74, 6) is 0. The van der Waals surface area contributed by atoms with Gasteiger partial charge in [-0.2, -0.15) is 0 Å². The van der Waals surface area contributed by atoms with Crippen molar-refractivity contribution in [3.8, 4) is 0 Å². The van der Waals surface area contributed by atoms with Crippen molar-refractivity contribution in [2.24, 2.45) is 0 Å². The Hall–Kier alpha value is -0.910. The smallest absolute Gasteiger partial charge is 0.175 e. The summed E-state index contributed by atoms with van der Waals surface area (Å²) in [6.45, 7) is 3.56. The van der Waals surface area contributed by atoms with Crippen molar-refractivity contribution >= 4 is 9.84 Å². The van der Waals surface area contributed by atoms with Gasteiger partial charge >= 0.3 is 0 Å². The quantitative estimate of drug-likeness (QED) is 0.789. The largest absolute Gasteiger partial charge is 0.383 e. The average molecular weight is 285 g/mol. The zero-order valence-corrected chi connectivity index (χ0v) is 12.7. The van der Waals surface area contributed by atoms with E-state index in [0.29, 0.717) is 17.9 Å². The van der Waals surface area contributed by atoms with Crippen LogP contribution in [0.4, 0.5) is 0 Å². The molecular formula is C14H23NO3S. The number of sulfone groups is 1. The second-order valence-corrected chi connectivity index (χ2v) is 6.67. The summed E-state index contributed by atoms with van der Waals surface area (Å²) in [7, 11) is -1.53. The molecule has 1 aromatic carbocycles.